The van der Waals surface area contributed by atoms with Crippen LogP contribution in [0.3, 0.4) is 0 Å². The molecule has 1 aromatic rings. The Morgan fingerprint density at radius 3 is 2.58 bits per heavy atom. The number of aromatic nitrogens is 1. The van der Waals surface area contributed by atoms with Crippen molar-refractivity contribution >= 4 is 27.3 Å². The summed E-state index contributed by atoms with van der Waals surface area (Å²) in [6.45, 7) is 5.33. The molecule has 1 rings (SSSR count). The van der Waals surface area contributed by atoms with Gasteiger partial charge in [0.25, 0.3) is 10.0 Å². The summed E-state index contributed by atoms with van der Waals surface area (Å²) in [5.74, 6) is -0.397. The van der Waals surface area contributed by atoms with Crippen LogP contribution in [0.15, 0.2) is 9.00 Å². The number of aromatic amines is 1. The molecule has 0 radical (unpaired) electrons. The van der Waals surface area contributed by atoms with Crippen molar-refractivity contribution in [2.45, 2.75) is 37.4 Å². The van der Waals surface area contributed by atoms with E-state index in [1.165, 1.54) is 13.8 Å². The number of aryl methyl sites for hydroxylation is 1. The normalized spacial score (nSPS) is 13.2. The fraction of sp³-hybridized carbons (Fsp3) is 0.600. The second kappa shape index (κ2) is 6.31. The van der Waals surface area contributed by atoms with Crippen molar-refractivity contribution < 1.29 is 13.2 Å². The van der Waals surface area contributed by atoms with Crippen LogP contribution in [0.2, 0.25) is 0 Å². The minimum absolute atomic E-state index is 0.0901. The van der Waals surface area contributed by atoms with Crippen molar-refractivity contribution in [3.63, 3.8) is 0 Å². The summed E-state index contributed by atoms with van der Waals surface area (Å²) >= 11 is 0.600. The predicted octanol–water partition coefficient (Wildman–Crippen LogP) is -0.0622. The molecule has 0 aliphatic carbocycles. The fourth-order valence-electron chi connectivity index (χ4n) is 1.39. The highest BCUT2D eigenvalue weighted by Crippen LogP contribution is 2.15. The monoisotopic (exact) mass is 307 g/mol. The zero-order valence-corrected chi connectivity index (χ0v) is 12.6. The fourth-order valence-corrected chi connectivity index (χ4v) is 3.91. The summed E-state index contributed by atoms with van der Waals surface area (Å²) in [7, 11) is -3.86. The number of amides is 1. The van der Waals surface area contributed by atoms with E-state index in [9.17, 15) is 18.0 Å². The second-order valence-corrected chi connectivity index (χ2v) is 6.95. The number of H-pyrrole nitrogens is 1. The molecule has 1 unspecified atom stereocenters. The van der Waals surface area contributed by atoms with Gasteiger partial charge in [-0.3, -0.25) is 9.59 Å². The van der Waals surface area contributed by atoms with Crippen molar-refractivity contribution in [2.24, 2.45) is 0 Å². The lowest BCUT2D eigenvalue weighted by Gasteiger charge is -2.13. The Labute approximate surface area is 115 Å². The maximum absolute atomic E-state index is 12.0. The van der Waals surface area contributed by atoms with Gasteiger partial charge in [-0.25, -0.2) is 8.42 Å². The Hall–Kier alpha value is -1.19. The summed E-state index contributed by atoms with van der Waals surface area (Å²) in [5, 5.41) is 2.59. The average molecular weight is 307 g/mol. The van der Waals surface area contributed by atoms with E-state index in [1.54, 1.807) is 0 Å². The Morgan fingerprint density at radius 2 is 2.11 bits per heavy atom. The molecule has 9 heteroatoms. The molecule has 0 aliphatic heterocycles. The number of rotatable bonds is 6. The van der Waals surface area contributed by atoms with Crippen LogP contribution in [0, 0.1) is 6.92 Å². The highest BCUT2D eigenvalue weighted by atomic mass is 32.2. The van der Waals surface area contributed by atoms with Gasteiger partial charge >= 0.3 is 4.87 Å². The molecule has 108 valence electrons. The lowest BCUT2D eigenvalue weighted by atomic mass is 10.3. The van der Waals surface area contributed by atoms with E-state index >= 15 is 0 Å². The van der Waals surface area contributed by atoms with Gasteiger partial charge in [-0.2, -0.15) is 4.72 Å². The molecule has 0 fully saturated rings. The van der Waals surface area contributed by atoms with Crippen LogP contribution >= 0.6 is 11.3 Å². The van der Waals surface area contributed by atoms with Crippen molar-refractivity contribution in [1.82, 2.24) is 15.0 Å². The van der Waals surface area contributed by atoms with Gasteiger partial charge in [-0.1, -0.05) is 18.3 Å². The molecule has 3 N–H and O–H groups in total. The minimum Gasteiger partial charge on any atom is -0.355 e. The topological polar surface area (TPSA) is 108 Å². The van der Waals surface area contributed by atoms with Gasteiger partial charge in [0.05, 0.1) is 6.04 Å². The number of hydrogen-bond donors (Lipinski definition) is 3. The summed E-state index contributed by atoms with van der Waals surface area (Å²) in [5.41, 5.74) is 0.267. The first kappa shape index (κ1) is 15.9. The average Bonchev–Trinajstić information content (AvgIpc) is 2.65. The van der Waals surface area contributed by atoms with Gasteiger partial charge in [-0.05, 0) is 20.3 Å². The Balaban J connectivity index is 2.83. The highest BCUT2D eigenvalue weighted by molar-refractivity contribution is 7.91. The van der Waals surface area contributed by atoms with Crippen molar-refractivity contribution in [3.8, 4) is 0 Å². The molecular weight excluding hydrogens is 290 g/mol. The molecule has 0 bridgehead atoms. The van der Waals surface area contributed by atoms with Gasteiger partial charge in [-0.15, -0.1) is 0 Å². The SMILES string of the molecule is CCCNC(=O)C(C)NS(=O)(=O)c1sc(=O)[nH]c1C. The molecule has 1 aromatic heterocycles. The number of sulfonamides is 1. The third-order valence-corrected chi connectivity index (χ3v) is 5.45. The van der Waals surface area contributed by atoms with E-state index in [4.69, 9.17) is 0 Å². The number of carbonyl (C=O) groups is 1. The summed E-state index contributed by atoms with van der Waals surface area (Å²) in [6.07, 6.45) is 0.768. The summed E-state index contributed by atoms with van der Waals surface area (Å²) in [4.78, 5) is 24.7. The van der Waals surface area contributed by atoms with E-state index in [1.807, 2.05) is 6.92 Å². The molecule has 0 spiro atoms. The Morgan fingerprint density at radius 1 is 1.47 bits per heavy atom. The van der Waals surface area contributed by atoms with E-state index in [2.05, 4.69) is 15.0 Å². The first-order chi connectivity index (χ1) is 8.77. The smallest absolute Gasteiger partial charge is 0.305 e. The van der Waals surface area contributed by atoms with Crippen LogP contribution in [0.25, 0.3) is 0 Å². The maximum atomic E-state index is 12.0. The van der Waals surface area contributed by atoms with Gasteiger partial charge < -0.3 is 10.3 Å². The number of carbonyl (C=O) groups excluding carboxylic acids is 1. The van der Waals surface area contributed by atoms with E-state index in [0.717, 1.165) is 6.42 Å². The predicted molar refractivity (Wildman–Crippen MR) is 72.8 cm³/mol. The molecule has 7 nitrogen and oxygen atoms in total. The molecule has 0 saturated heterocycles. The molecule has 19 heavy (non-hydrogen) atoms. The lowest BCUT2D eigenvalue weighted by molar-refractivity contribution is -0.122. The van der Waals surface area contributed by atoms with Gasteiger partial charge in [0, 0.05) is 12.2 Å². The minimum atomic E-state index is -3.86. The third-order valence-electron chi connectivity index (χ3n) is 2.30. The lowest BCUT2D eigenvalue weighted by Crippen LogP contribution is -2.44. The van der Waals surface area contributed by atoms with E-state index in [-0.39, 0.29) is 9.90 Å². The summed E-state index contributed by atoms with van der Waals surface area (Å²) < 4.78 is 26.2. The van der Waals surface area contributed by atoms with Crippen LogP contribution in [0.1, 0.15) is 26.0 Å². The Kier molecular flexibility index (Phi) is 5.27. The van der Waals surface area contributed by atoms with E-state index < -0.39 is 26.8 Å². The molecule has 1 amide bonds. The number of thiazole rings is 1. The molecule has 0 aromatic carbocycles. The molecular formula is C10H17N3O4S2. The molecule has 1 heterocycles. The van der Waals surface area contributed by atoms with Crippen LogP contribution in [-0.4, -0.2) is 31.9 Å². The maximum Gasteiger partial charge on any atom is 0.305 e. The second-order valence-electron chi connectivity index (χ2n) is 4.06. The van der Waals surface area contributed by atoms with Crippen molar-refractivity contribution in [1.29, 1.82) is 0 Å². The van der Waals surface area contributed by atoms with Crippen LogP contribution in [0.4, 0.5) is 0 Å². The van der Waals surface area contributed by atoms with Crippen LogP contribution < -0.4 is 14.9 Å². The van der Waals surface area contributed by atoms with Crippen molar-refractivity contribution in [2.75, 3.05) is 6.54 Å². The standard InChI is InChI=1S/C10H17N3O4S2/c1-4-5-11-8(14)6(2)13-19(16,17)9-7(3)12-10(15)18-9/h6,13H,4-5H2,1-3H3,(H,11,14)(H,12,15). The van der Waals surface area contributed by atoms with Crippen LogP contribution in [-0.2, 0) is 14.8 Å². The first-order valence-corrected chi connectivity index (χ1v) is 8.07. The van der Waals surface area contributed by atoms with E-state index in [0.29, 0.717) is 17.9 Å². The van der Waals surface area contributed by atoms with Crippen molar-refractivity contribution in [3.05, 3.63) is 15.4 Å². The summed E-state index contributed by atoms with van der Waals surface area (Å²) in [6, 6.07) is -0.895. The van der Waals surface area contributed by atoms with Gasteiger partial charge in [0.15, 0.2) is 4.21 Å². The molecule has 1 atom stereocenters. The van der Waals surface area contributed by atoms with Gasteiger partial charge in [0.2, 0.25) is 5.91 Å². The number of nitrogens with one attached hydrogen (secondary N) is 3. The zero-order chi connectivity index (χ0) is 14.6. The largest absolute Gasteiger partial charge is 0.355 e. The zero-order valence-electron chi connectivity index (χ0n) is 10.9. The van der Waals surface area contributed by atoms with Gasteiger partial charge in [0.1, 0.15) is 0 Å². The first-order valence-electron chi connectivity index (χ1n) is 5.77. The highest BCUT2D eigenvalue weighted by Gasteiger charge is 2.25. The van der Waals surface area contributed by atoms with Crippen LogP contribution in [0.5, 0.6) is 0 Å². The Bertz CT molecular complexity index is 603. The molecule has 0 saturated carbocycles. The number of hydrogen-bond acceptors (Lipinski definition) is 5. The molecule has 0 aliphatic rings. The quantitative estimate of drug-likeness (QED) is 0.684. The third kappa shape index (κ3) is 4.15.